The van der Waals surface area contributed by atoms with Gasteiger partial charge in [-0.25, -0.2) is 0 Å². The van der Waals surface area contributed by atoms with E-state index in [0.717, 1.165) is 21.9 Å². The lowest BCUT2D eigenvalue weighted by Crippen LogP contribution is -2.35. The Hall–Kier alpha value is -1.27. The van der Waals surface area contributed by atoms with E-state index in [4.69, 9.17) is 18.0 Å². The summed E-state index contributed by atoms with van der Waals surface area (Å²) in [6.07, 6.45) is 0. The maximum absolute atomic E-state index is 11.7. The zero-order chi connectivity index (χ0) is 15.1. The summed E-state index contributed by atoms with van der Waals surface area (Å²) >= 11 is 6.81. The van der Waals surface area contributed by atoms with Gasteiger partial charge in [0.2, 0.25) is 5.91 Å². The van der Waals surface area contributed by atoms with Gasteiger partial charge in [-0.15, -0.1) is 11.8 Å². The van der Waals surface area contributed by atoms with Crippen LogP contribution in [0.25, 0.3) is 0 Å². The number of nitrogens with one attached hydrogen (secondary N) is 2. The second-order valence-electron chi connectivity index (χ2n) is 4.55. The van der Waals surface area contributed by atoms with Crippen molar-refractivity contribution in [2.24, 2.45) is 5.73 Å². The van der Waals surface area contributed by atoms with Gasteiger partial charge in [0.05, 0.1) is 6.54 Å². The number of rotatable bonds is 7. The van der Waals surface area contributed by atoms with Gasteiger partial charge in [0.1, 0.15) is 4.99 Å². The first-order chi connectivity index (χ1) is 9.45. The third kappa shape index (κ3) is 5.02. The van der Waals surface area contributed by atoms with Crippen LogP contribution in [0, 0.1) is 0 Å². The first-order valence-corrected chi connectivity index (χ1v) is 7.94. The molecule has 0 aliphatic rings. The molecule has 0 atom stereocenters. The minimum Gasteiger partial charge on any atom is -0.389 e. The van der Waals surface area contributed by atoms with Crippen molar-refractivity contribution in [2.75, 3.05) is 17.6 Å². The number of carbonyl (C=O) groups is 1. The van der Waals surface area contributed by atoms with Crippen molar-refractivity contribution >= 4 is 40.6 Å². The molecule has 4 nitrogen and oxygen atoms in total. The molecule has 0 fully saturated rings. The fourth-order valence-electron chi connectivity index (χ4n) is 1.76. The number of carbonyl (C=O) groups excluding carboxylic acids is 1. The molecule has 1 rings (SSSR count). The molecule has 110 valence electrons. The lowest BCUT2D eigenvalue weighted by Gasteiger charge is -2.15. The Labute approximate surface area is 129 Å². The SMILES string of the molecule is CCSc1cccc(NCC(=O)NC(C)C)c1C(N)=S. The lowest BCUT2D eigenvalue weighted by atomic mass is 10.1. The third-order valence-corrected chi connectivity index (χ3v) is 3.61. The van der Waals surface area contributed by atoms with Crippen LogP contribution in [-0.2, 0) is 4.79 Å². The summed E-state index contributed by atoms with van der Waals surface area (Å²) in [6.45, 7) is 6.13. The molecule has 6 heteroatoms. The van der Waals surface area contributed by atoms with E-state index in [0.29, 0.717) is 4.99 Å². The predicted molar refractivity (Wildman–Crippen MR) is 90.5 cm³/mol. The Morgan fingerprint density at radius 1 is 1.45 bits per heavy atom. The molecule has 1 amide bonds. The van der Waals surface area contributed by atoms with Gasteiger partial charge in [-0.2, -0.15) is 0 Å². The third-order valence-electron chi connectivity index (χ3n) is 2.46. The molecular formula is C14H21N3OS2. The van der Waals surface area contributed by atoms with E-state index >= 15 is 0 Å². The van der Waals surface area contributed by atoms with Crippen LogP contribution < -0.4 is 16.4 Å². The maximum Gasteiger partial charge on any atom is 0.239 e. The van der Waals surface area contributed by atoms with Gasteiger partial charge < -0.3 is 16.4 Å². The highest BCUT2D eigenvalue weighted by Gasteiger charge is 2.12. The number of thioether (sulfide) groups is 1. The number of hydrogen-bond donors (Lipinski definition) is 3. The van der Waals surface area contributed by atoms with Crippen molar-refractivity contribution < 1.29 is 4.79 Å². The van der Waals surface area contributed by atoms with Crippen LogP contribution in [0.1, 0.15) is 26.3 Å². The number of anilines is 1. The van der Waals surface area contributed by atoms with Gasteiger partial charge in [0, 0.05) is 22.2 Å². The number of thiocarbonyl (C=S) groups is 1. The van der Waals surface area contributed by atoms with Crippen molar-refractivity contribution in [1.29, 1.82) is 0 Å². The van der Waals surface area contributed by atoms with E-state index < -0.39 is 0 Å². The average molecular weight is 311 g/mol. The summed E-state index contributed by atoms with van der Waals surface area (Å²) < 4.78 is 0. The van der Waals surface area contributed by atoms with Gasteiger partial charge in [0.15, 0.2) is 0 Å². The van der Waals surface area contributed by atoms with Crippen LogP contribution in [0.2, 0.25) is 0 Å². The number of hydrogen-bond acceptors (Lipinski definition) is 4. The van der Waals surface area contributed by atoms with Gasteiger partial charge in [0.25, 0.3) is 0 Å². The highest BCUT2D eigenvalue weighted by molar-refractivity contribution is 7.99. The Balaban J connectivity index is 2.86. The van der Waals surface area contributed by atoms with E-state index in [1.165, 1.54) is 0 Å². The van der Waals surface area contributed by atoms with E-state index in [-0.39, 0.29) is 18.5 Å². The highest BCUT2D eigenvalue weighted by Crippen LogP contribution is 2.28. The largest absolute Gasteiger partial charge is 0.389 e. The van der Waals surface area contributed by atoms with Crippen molar-refractivity contribution in [2.45, 2.75) is 31.7 Å². The number of benzene rings is 1. The summed E-state index contributed by atoms with van der Waals surface area (Å²) in [4.78, 5) is 13.1. The van der Waals surface area contributed by atoms with Crippen LogP contribution >= 0.6 is 24.0 Å². The summed E-state index contributed by atoms with van der Waals surface area (Å²) in [5, 5.41) is 5.94. The molecule has 1 aromatic carbocycles. The van der Waals surface area contributed by atoms with Gasteiger partial charge >= 0.3 is 0 Å². The Morgan fingerprint density at radius 3 is 2.70 bits per heavy atom. The monoisotopic (exact) mass is 311 g/mol. The topological polar surface area (TPSA) is 67.2 Å². The number of amides is 1. The zero-order valence-electron chi connectivity index (χ0n) is 12.0. The van der Waals surface area contributed by atoms with E-state index in [9.17, 15) is 4.79 Å². The number of nitrogens with two attached hydrogens (primary N) is 1. The highest BCUT2D eigenvalue weighted by atomic mass is 32.2. The first-order valence-electron chi connectivity index (χ1n) is 6.54. The van der Waals surface area contributed by atoms with E-state index in [1.54, 1.807) is 11.8 Å². The summed E-state index contributed by atoms with van der Waals surface area (Å²) in [5.74, 6) is 0.884. The normalized spacial score (nSPS) is 10.4. The molecule has 0 heterocycles. The molecule has 0 aliphatic heterocycles. The van der Waals surface area contributed by atoms with Crippen LogP contribution in [-0.4, -0.2) is 29.2 Å². The Kier molecular flexibility index (Phi) is 6.81. The average Bonchev–Trinajstić information content (AvgIpc) is 2.35. The molecule has 0 saturated carbocycles. The van der Waals surface area contributed by atoms with Crippen molar-refractivity contribution in [3.8, 4) is 0 Å². The molecule has 0 radical (unpaired) electrons. The molecule has 1 aromatic rings. The van der Waals surface area contributed by atoms with Crippen molar-refractivity contribution in [3.05, 3.63) is 23.8 Å². The second-order valence-corrected chi connectivity index (χ2v) is 6.30. The second kappa shape index (κ2) is 8.11. The predicted octanol–water partition coefficient (Wildman–Crippen LogP) is 2.37. The molecule has 0 spiro atoms. The molecule has 20 heavy (non-hydrogen) atoms. The van der Waals surface area contributed by atoms with Crippen LogP contribution in [0.3, 0.4) is 0 Å². The maximum atomic E-state index is 11.7. The zero-order valence-corrected chi connectivity index (χ0v) is 13.7. The van der Waals surface area contributed by atoms with Gasteiger partial charge in [-0.05, 0) is 31.7 Å². The van der Waals surface area contributed by atoms with Crippen LogP contribution in [0.15, 0.2) is 23.1 Å². The first kappa shape index (κ1) is 16.8. The van der Waals surface area contributed by atoms with Crippen LogP contribution in [0.5, 0.6) is 0 Å². The lowest BCUT2D eigenvalue weighted by molar-refractivity contribution is -0.119. The minimum absolute atomic E-state index is 0.0533. The Bertz CT molecular complexity index is 489. The molecule has 0 aromatic heterocycles. The fourth-order valence-corrected chi connectivity index (χ4v) is 2.89. The smallest absolute Gasteiger partial charge is 0.239 e. The molecule has 0 bridgehead atoms. The quantitative estimate of drug-likeness (QED) is 0.533. The Morgan fingerprint density at radius 2 is 2.15 bits per heavy atom. The van der Waals surface area contributed by atoms with Crippen molar-refractivity contribution in [3.63, 3.8) is 0 Å². The van der Waals surface area contributed by atoms with E-state index in [2.05, 4.69) is 17.6 Å². The van der Waals surface area contributed by atoms with E-state index in [1.807, 2.05) is 32.0 Å². The molecule has 0 aliphatic carbocycles. The van der Waals surface area contributed by atoms with Gasteiger partial charge in [-0.1, -0.05) is 25.2 Å². The molecular weight excluding hydrogens is 290 g/mol. The van der Waals surface area contributed by atoms with Crippen LogP contribution in [0.4, 0.5) is 5.69 Å². The van der Waals surface area contributed by atoms with Crippen molar-refractivity contribution in [1.82, 2.24) is 5.32 Å². The summed E-state index contributed by atoms with van der Waals surface area (Å²) in [6, 6.07) is 5.93. The molecule has 0 unspecified atom stereocenters. The minimum atomic E-state index is -0.0533. The molecule has 0 saturated heterocycles. The standard InChI is InChI=1S/C14H21N3OS2/c1-4-20-11-7-5-6-10(13(11)14(15)19)16-8-12(18)17-9(2)3/h5-7,9,16H,4,8H2,1-3H3,(H2,15,19)(H,17,18). The molecule has 4 N–H and O–H groups in total. The summed E-state index contributed by atoms with van der Waals surface area (Å²) in [7, 11) is 0. The summed E-state index contributed by atoms with van der Waals surface area (Å²) in [5.41, 5.74) is 7.42. The van der Waals surface area contributed by atoms with Gasteiger partial charge in [-0.3, -0.25) is 4.79 Å². The fraction of sp³-hybridized carbons (Fsp3) is 0.429.